The summed E-state index contributed by atoms with van der Waals surface area (Å²) in [6.07, 6.45) is 8.52. The lowest BCUT2D eigenvalue weighted by Crippen LogP contribution is -2.43. The number of aryl methyl sites for hydroxylation is 2. The van der Waals surface area contributed by atoms with E-state index in [0.717, 1.165) is 18.4 Å². The standard InChI is InChI=1S/C24H32N2O/c1-16-7-6-9-22(18(16)3)25-24(27)19-11-13-21(14-12-19)26-17(2)15-20-8-4-5-10-23(20)26/h11-16,18,22H,4-10H2,1-3H3,(H,25,27)/t16-,18-,22-/m1/s1. The molecule has 3 atom stereocenters. The molecule has 0 aliphatic heterocycles. The van der Waals surface area contributed by atoms with Crippen molar-refractivity contribution in [1.82, 2.24) is 9.88 Å². The zero-order chi connectivity index (χ0) is 19.0. The lowest BCUT2D eigenvalue weighted by atomic mass is 9.78. The summed E-state index contributed by atoms with van der Waals surface area (Å²) in [4.78, 5) is 12.7. The maximum absolute atomic E-state index is 12.7. The Kier molecular flexibility index (Phi) is 5.12. The van der Waals surface area contributed by atoms with Crippen LogP contribution in [0.3, 0.4) is 0 Å². The second kappa shape index (κ2) is 7.53. The van der Waals surface area contributed by atoms with Crippen LogP contribution in [0.25, 0.3) is 5.69 Å². The van der Waals surface area contributed by atoms with Crippen LogP contribution < -0.4 is 5.32 Å². The Labute approximate surface area is 163 Å². The number of rotatable bonds is 3. The van der Waals surface area contributed by atoms with Gasteiger partial charge in [-0.1, -0.05) is 26.7 Å². The second-order valence-corrected chi connectivity index (χ2v) is 8.69. The average Bonchev–Trinajstić information content (AvgIpc) is 3.01. The number of hydrogen-bond acceptors (Lipinski definition) is 1. The number of hydrogen-bond donors (Lipinski definition) is 1. The second-order valence-electron chi connectivity index (χ2n) is 8.69. The largest absolute Gasteiger partial charge is 0.349 e. The molecule has 27 heavy (non-hydrogen) atoms. The fraction of sp³-hybridized carbons (Fsp3) is 0.542. The third-order valence-corrected chi connectivity index (χ3v) is 6.90. The molecule has 1 aromatic carbocycles. The Morgan fingerprint density at radius 2 is 1.78 bits per heavy atom. The van der Waals surface area contributed by atoms with Gasteiger partial charge in [-0.05, 0) is 86.8 Å². The van der Waals surface area contributed by atoms with Crippen molar-refractivity contribution >= 4 is 5.91 Å². The van der Waals surface area contributed by atoms with Gasteiger partial charge in [0.05, 0.1) is 0 Å². The minimum atomic E-state index is 0.0683. The van der Waals surface area contributed by atoms with Crippen molar-refractivity contribution in [3.05, 3.63) is 52.8 Å². The fourth-order valence-corrected chi connectivity index (χ4v) is 5.01. The van der Waals surface area contributed by atoms with Crippen molar-refractivity contribution in [1.29, 1.82) is 0 Å². The highest BCUT2D eigenvalue weighted by atomic mass is 16.1. The van der Waals surface area contributed by atoms with E-state index in [2.05, 4.69) is 48.9 Å². The van der Waals surface area contributed by atoms with Crippen LogP contribution in [0, 0.1) is 18.8 Å². The van der Waals surface area contributed by atoms with Gasteiger partial charge in [0.25, 0.3) is 5.91 Å². The highest BCUT2D eigenvalue weighted by Gasteiger charge is 2.28. The van der Waals surface area contributed by atoms with Gasteiger partial charge >= 0.3 is 0 Å². The van der Waals surface area contributed by atoms with Crippen LogP contribution in [-0.2, 0) is 12.8 Å². The molecule has 3 nitrogen and oxygen atoms in total. The van der Waals surface area contributed by atoms with Gasteiger partial charge in [0.2, 0.25) is 0 Å². The number of nitrogens with zero attached hydrogens (tertiary/aromatic N) is 1. The van der Waals surface area contributed by atoms with E-state index in [-0.39, 0.29) is 5.91 Å². The Balaban J connectivity index is 1.51. The summed E-state index contributed by atoms with van der Waals surface area (Å²) >= 11 is 0. The molecule has 1 heterocycles. The van der Waals surface area contributed by atoms with E-state index < -0.39 is 0 Å². The highest BCUT2D eigenvalue weighted by molar-refractivity contribution is 5.94. The van der Waals surface area contributed by atoms with Crippen molar-refractivity contribution in [2.45, 2.75) is 71.8 Å². The topological polar surface area (TPSA) is 34.0 Å². The van der Waals surface area contributed by atoms with Crippen LogP contribution in [0.1, 0.15) is 73.3 Å². The molecule has 0 spiro atoms. The molecule has 4 rings (SSSR count). The first-order chi connectivity index (χ1) is 13.0. The first-order valence-corrected chi connectivity index (χ1v) is 10.7. The minimum absolute atomic E-state index is 0.0683. The molecule has 2 aromatic rings. The van der Waals surface area contributed by atoms with Gasteiger partial charge in [-0.2, -0.15) is 0 Å². The molecule has 1 N–H and O–H groups in total. The van der Waals surface area contributed by atoms with Crippen LogP contribution in [0.4, 0.5) is 0 Å². The molecule has 0 saturated heterocycles. The number of carbonyl (C=O) groups is 1. The monoisotopic (exact) mass is 364 g/mol. The molecule has 2 aliphatic carbocycles. The molecule has 3 heteroatoms. The summed E-state index contributed by atoms with van der Waals surface area (Å²) in [5.41, 5.74) is 6.20. The van der Waals surface area contributed by atoms with Crippen molar-refractivity contribution in [2.24, 2.45) is 11.8 Å². The Bertz CT molecular complexity index is 818. The van der Waals surface area contributed by atoms with Gasteiger partial charge in [0.15, 0.2) is 0 Å². The third kappa shape index (κ3) is 3.56. The fourth-order valence-electron chi connectivity index (χ4n) is 5.01. The molecule has 2 aliphatic rings. The summed E-state index contributed by atoms with van der Waals surface area (Å²) in [6, 6.07) is 10.8. The van der Waals surface area contributed by atoms with Gasteiger partial charge in [-0.15, -0.1) is 0 Å². The number of amides is 1. The first kappa shape index (κ1) is 18.3. The van der Waals surface area contributed by atoms with E-state index in [4.69, 9.17) is 0 Å². The van der Waals surface area contributed by atoms with Crippen LogP contribution in [0.2, 0.25) is 0 Å². The van der Waals surface area contributed by atoms with Gasteiger partial charge in [0, 0.05) is 28.7 Å². The molecule has 1 fully saturated rings. The predicted octanol–water partition coefficient (Wildman–Crippen LogP) is 5.22. The Morgan fingerprint density at radius 1 is 1.04 bits per heavy atom. The smallest absolute Gasteiger partial charge is 0.251 e. The molecular formula is C24H32N2O. The summed E-state index contributed by atoms with van der Waals surface area (Å²) in [6.45, 7) is 6.76. The van der Waals surface area contributed by atoms with E-state index >= 15 is 0 Å². The maximum atomic E-state index is 12.7. The molecule has 144 valence electrons. The summed E-state index contributed by atoms with van der Waals surface area (Å²) in [5, 5.41) is 3.29. The number of aromatic nitrogens is 1. The SMILES string of the molecule is Cc1cc2c(n1-c1ccc(C(=O)N[C@@H]3CCC[C@@H](C)[C@H]3C)cc1)CCCC2. The Hall–Kier alpha value is -2.03. The molecule has 0 bridgehead atoms. The van der Waals surface area contributed by atoms with Crippen molar-refractivity contribution in [3.8, 4) is 5.69 Å². The molecule has 1 amide bonds. The van der Waals surface area contributed by atoms with E-state index in [1.54, 1.807) is 0 Å². The van der Waals surface area contributed by atoms with Crippen LogP contribution in [0.5, 0.6) is 0 Å². The van der Waals surface area contributed by atoms with Crippen LogP contribution in [0.15, 0.2) is 30.3 Å². The highest BCUT2D eigenvalue weighted by Crippen LogP contribution is 2.30. The zero-order valence-electron chi connectivity index (χ0n) is 16.9. The predicted molar refractivity (Wildman–Crippen MR) is 111 cm³/mol. The normalized spacial score (nSPS) is 25.1. The molecule has 0 unspecified atom stereocenters. The van der Waals surface area contributed by atoms with Gasteiger partial charge in [0.1, 0.15) is 0 Å². The number of carbonyl (C=O) groups excluding carboxylic acids is 1. The molecule has 0 radical (unpaired) electrons. The number of fused-ring (bicyclic) bond motifs is 1. The summed E-state index contributed by atoms with van der Waals surface area (Å²) in [7, 11) is 0. The minimum Gasteiger partial charge on any atom is -0.349 e. The molecule has 1 saturated carbocycles. The zero-order valence-corrected chi connectivity index (χ0v) is 16.9. The van der Waals surface area contributed by atoms with Crippen molar-refractivity contribution in [2.75, 3.05) is 0 Å². The molecule has 1 aromatic heterocycles. The van der Waals surface area contributed by atoms with E-state index in [1.807, 2.05) is 12.1 Å². The first-order valence-electron chi connectivity index (χ1n) is 10.7. The Morgan fingerprint density at radius 3 is 2.56 bits per heavy atom. The summed E-state index contributed by atoms with van der Waals surface area (Å²) in [5.74, 6) is 1.31. The lowest BCUT2D eigenvalue weighted by Gasteiger charge is -2.34. The van der Waals surface area contributed by atoms with Gasteiger partial charge in [-0.3, -0.25) is 4.79 Å². The molecular weight excluding hydrogens is 332 g/mol. The van der Waals surface area contributed by atoms with E-state index in [0.29, 0.717) is 17.9 Å². The average molecular weight is 365 g/mol. The van der Waals surface area contributed by atoms with E-state index in [1.165, 1.54) is 54.7 Å². The number of benzene rings is 1. The third-order valence-electron chi connectivity index (χ3n) is 6.90. The quantitative estimate of drug-likeness (QED) is 0.796. The van der Waals surface area contributed by atoms with Gasteiger partial charge < -0.3 is 9.88 Å². The van der Waals surface area contributed by atoms with E-state index in [9.17, 15) is 4.79 Å². The van der Waals surface area contributed by atoms with Crippen molar-refractivity contribution in [3.63, 3.8) is 0 Å². The van der Waals surface area contributed by atoms with Gasteiger partial charge in [-0.25, -0.2) is 0 Å². The number of nitrogens with one attached hydrogen (secondary N) is 1. The van der Waals surface area contributed by atoms with Crippen LogP contribution >= 0.6 is 0 Å². The maximum Gasteiger partial charge on any atom is 0.251 e. The van der Waals surface area contributed by atoms with Crippen molar-refractivity contribution < 1.29 is 4.79 Å². The lowest BCUT2D eigenvalue weighted by molar-refractivity contribution is 0.0891. The summed E-state index contributed by atoms with van der Waals surface area (Å²) < 4.78 is 2.38. The van der Waals surface area contributed by atoms with Crippen LogP contribution in [-0.4, -0.2) is 16.5 Å².